The molecule has 4 rings (SSSR count). The number of rotatable bonds is 10. The van der Waals surface area contributed by atoms with Crippen LogP contribution in [0.5, 0.6) is 5.75 Å². The van der Waals surface area contributed by atoms with Gasteiger partial charge in [-0.1, -0.05) is 54.6 Å². The molecule has 10 nitrogen and oxygen atoms in total. The molecule has 3 aromatic rings. The lowest BCUT2D eigenvalue weighted by molar-refractivity contribution is -0.154. The smallest absolute Gasteiger partial charge is 0.411 e. The van der Waals surface area contributed by atoms with Crippen molar-refractivity contribution in [2.75, 3.05) is 25.3 Å². The number of carbonyl (C=O) groups is 3. The minimum Gasteiger partial charge on any atom is -0.494 e. The molecule has 0 spiro atoms. The lowest BCUT2D eigenvalue weighted by Crippen LogP contribution is -2.30. The topological polar surface area (TPSA) is 137 Å². The number of carbonyl (C=O) groups excluding carboxylic acids is 3. The number of hydrogen-bond donors (Lipinski definition) is 2. The first kappa shape index (κ1) is 31.6. The summed E-state index contributed by atoms with van der Waals surface area (Å²) in [4.78, 5) is 38.2. The summed E-state index contributed by atoms with van der Waals surface area (Å²) in [5.74, 6) is -1.49. The molecule has 0 aromatic heterocycles. The Hall–Kier alpha value is -4.38. The predicted molar refractivity (Wildman–Crippen MR) is 163 cm³/mol. The average molecular weight is 609 g/mol. The standard InChI is InChI=1S/C32H36N2O8S/c1-32(2,3)42-27(35)16-10-11-20-17-18-25(30(36)34-43(5,38)39)29(40-4)28(20)33-31(37)41-19-26-23-14-8-6-12-21(23)22-13-7-9-15-24(22)26/h6-9,12-15,17-18,26H,10-11,16,19H2,1-5H3,(H,33,37)(H,34,36). The maximum atomic E-state index is 13.2. The molecule has 1 aliphatic rings. The highest BCUT2D eigenvalue weighted by atomic mass is 32.2. The first-order valence-electron chi connectivity index (χ1n) is 13.8. The van der Waals surface area contributed by atoms with E-state index in [2.05, 4.69) is 5.32 Å². The number of ether oxygens (including phenoxy) is 3. The quantitative estimate of drug-likeness (QED) is 0.292. The van der Waals surface area contributed by atoms with Crippen molar-refractivity contribution < 1.29 is 37.0 Å². The van der Waals surface area contributed by atoms with E-state index in [4.69, 9.17) is 14.2 Å². The van der Waals surface area contributed by atoms with Crippen LogP contribution < -0.4 is 14.8 Å². The normalized spacial score (nSPS) is 12.6. The van der Waals surface area contributed by atoms with Crippen molar-refractivity contribution in [1.82, 2.24) is 4.72 Å². The molecule has 2 N–H and O–H groups in total. The molecule has 0 aliphatic heterocycles. The van der Waals surface area contributed by atoms with Gasteiger partial charge in [0.25, 0.3) is 5.91 Å². The third-order valence-corrected chi connectivity index (χ3v) is 7.34. The highest BCUT2D eigenvalue weighted by molar-refractivity contribution is 7.89. The third kappa shape index (κ3) is 7.92. The lowest BCUT2D eigenvalue weighted by Gasteiger charge is -2.20. The number of methoxy groups -OCH3 is 1. The van der Waals surface area contributed by atoms with Crippen LogP contribution in [-0.2, 0) is 30.7 Å². The highest BCUT2D eigenvalue weighted by Crippen LogP contribution is 2.44. The van der Waals surface area contributed by atoms with Crippen molar-refractivity contribution >= 4 is 33.7 Å². The third-order valence-electron chi connectivity index (χ3n) is 6.79. The zero-order valence-electron chi connectivity index (χ0n) is 24.9. The first-order chi connectivity index (χ1) is 20.3. The summed E-state index contributed by atoms with van der Waals surface area (Å²) < 4.78 is 42.0. The van der Waals surface area contributed by atoms with Crippen LogP contribution in [0, 0.1) is 0 Å². The van der Waals surface area contributed by atoms with Gasteiger partial charge in [0.15, 0.2) is 5.75 Å². The summed E-state index contributed by atoms with van der Waals surface area (Å²) in [7, 11) is -2.56. The zero-order valence-corrected chi connectivity index (χ0v) is 25.7. The predicted octanol–water partition coefficient (Wildman–Crippen LogP) is 5.41. The summed E-state index contributed by atoms with van der Waals surface area (Å²) in [5, 5.41) is 2.70. The summed E-state index contributed by atoms with van der Waals surface area (Å²) in [6.07, 6.45) is 0.905. The van der Waals surface area contributed by atoms with E-state index in [-0.39, 0.29) is 41.9 Å². The van der Waals surface area contributed by atoms with E-state index in [9.17, 15) is 22.8 Å². The number of hydrogen-bond acceptors (Lipinski definition) is 8. The number of benzene rings is 3. The van der Waals surface area contributed by atoms with Crippen molar-refractivity contribution in [2.24, 2.45) is 0 Å². The Morgan fingerprint density at radius 1 is 0.907 bits per heavy atom. The largest absolute Gasteiger partial charge is 0.494 e. The Morgan fingerprint density at radius 3 is 2.07 bits per heavy atom. The number of anilines is 1. The second kappa shape index (κ2) is 12.9. The van der Waals surface area contributed by atoms with E-state index < -0.39 is 27.6 Å². The fourth-order valence-electron chi connectivity index (χ4n) is 5.14. The van der Waals surface area contributed by atoms with Gasteiger partial charge in [-0.3, -0.25) is 14.9 Å². The van der Waals surface area contributed by atoms with E-state index in [0.717, 1.165) is 28.5 Å². The molecule has 1 aliphatic carbocycles. The van der Waals surface area contributed by atoms with E-state index >= 15 is 0 Å². The maximum absolute atomic E-state index is 13.2. The van der Waals surface area contributed by atoms with Crippen molar-refractivity contribution in [1.29, 1.82) is 0 Å². The van der Waals surface area contributed by atoms with Crippen LogP contribution in [-0.4, -0.2) is 52.0 Å². The molecule has 228 valence electrons. The Balaban J connectivity index is 1.56. The number of sulfonamides is 1. The number of esters is 1. The molecular weight excluding hydrogens is 572 g/mol. The van der Waals surface area contributed by atoms with Gasteiger partial charge in [-0.25, -0.2) is 17.9 Å². The van der Waals surface area contributed by atoms with Crippen LogP contribution in [0.25, 0.3) is 11.1 Å². The molecule has 0 bridgehead atoms. The van der Waals surface area contributed by atoms with E-state index in [1.54, 1.807) is 26.8 Å². The van der Waals surface area contributed by atoms with Gasteiger partial charge in [-0.05, 0) is 67.5 Å². The summed E-state index contributed by atoms with van der Waals surface area (Å²) in [6, 6.07) is 18.9. The van der Waals surface area contributed by atoms with Gasteiger partial charge in [0.05, 0.1) is 24.6 Å². The minimum absolute atomic E-state index is 0.0376. The van der Waals surface area contributed by atoms with E-state index in [0.29, 0.717) is 18.4 Å². The molecule has 11 heteroatoms. The highest BCUT2D eigenvalue weighted by Gasteiger charge is 2.30. The summed E-state index contributed by atoms with van der Waals surface area (Å²) in [6.45, 7) is 5.41. The van der Waals surface area contributed by atoms with Crippen LogP contribution in [0.2, 0.25) is 0 Å². The Kier molecular flexibility index (Phi) is 9.44. The molecule has 3 aromatic carbocycles. The number of fused-ring (bicyclic) bond motifs is 3. The van der Waals surface area contributed by atoms with Crippen LogP contribution in [0.3, 0.4) is 0 Å². The Morgan fingerprint density at radius 2 is 1.51 bits per heavy atom. The fraction of sp³-hybridized carbons (Fsp3) is 0.344. The molecule has 0 saturated carbocycles. The summed E-state index contributed by atoms with van der Waals surface area (Å²) in [5.41, 5.74) is 4.27. The van der Waals surface area contributed by atoms with Gasteiger partial charge >= 0.3 is 12.1 Å². The molecule has 0 saturated heterocycles. The van der Waals surface area contributed by atoms with Crippen LogP contribution in [0.1, 0.15) is 66.6 Å². The molecule has 0 radical (unpaired) electrons. The van der Waals surface area contributed by atoms with Crippen molar-refractivity contribution in [3.63, 3.8) is 0 Å². The monoisotopic (exact) mass is 608 g/mol. The van der Waals surface area contributed by atoms with Gasteiger partial charge in [-0.15, -0.1) is 0 Å². The molecule has 0 unspecified atom stereocenters. The van der Waals surface area contributed by atoms with E-state index in [1.165, 1.54) is 13.2 Å². The van der Waals surface area contributed by atoms with E-state index in [1.807, 2.05) is 53.3 Å². The molecule has 43 heavy (non-hydrogen) atoms. The van der Waals surface area contributed by atoms with Gasteiger partial charge < -0.3 is 14.2 Å². The van der Waals surface area contributed by atoms with Gasteiger partial charge in [0.1, 0.15) is 12.2 Å². The van der Waals surface area contributed by atoms with Crippen molar-refractivity contribution in [3.05, 3.63) is 82.9 Å². The molecule has 0 fully saturated rings. The zero-order chi connectivity index (χ0) is 31.4. The van der Waals surface area contributed by atoms with Gasteiger partial charge in [0.2, 0.25) is 10.0 Å². The average Bonchev–Trinajstić information content (AvgIpc) is 3.24. The maximum Gasteiger partial charge on any atom is 0.411 e. The van der Waals surface area contributed by atoms with Crippen molar-refractivity contribution in [2.45, 2.75) is 51.6 Å². The first-order valence-corrected chi connectivity index (χ1v) is 15.7. The number of amides is 2. The number of aryl methyl sites for hydroxylation is 1. The molecule has 2 amide bonds. The Labute approximate surface area is 251 Å². The van der Waals surface area contributed by atoms with Gasteiger partial charge in [0, 0.05) is 12.3 Å². The Bertz CT molecular complexity index is 1600. The molecular formula is C32H36N2O8S. The van der Waals surface area contributed by atoms with Crippen LogP contribution >= 0.6 is 0 Å². The van der Waals surface area contributed by atoms with Crippen molar-refractivity contribution in [3.8, 4) is 16.9 Å². The molecule has 0 heterocycles. The second-order valence-electron chi connectivity index (χ2n) is 11.3. The van der Waals surface area contributed by atoms with Crippen LogP contribution in [0.15, 0.2) is 60.7 Å². The lowest BCUT2D eigenvalue weighted by atomic mass is 9.98. The fourth-order valence-corrected chi connectivity index (χ4v) is 5.58. The summed E-state index contributed by atoms with van der Waals surface area (Å²) >= 11 is 0. The molecule has 0 atom stereocenters. The number of nitrogens with one attached hydrogen (secondary N) is 2. The SMILES string of the molecule is COc1c(C(=O)NS(C)(=O)=O)ccc(CCCC(=O)OC(C)(C)C)c1NC(=O)OCC1c2ccccc2-c2ccccc21. The second-order valence-corrected chi connectivity index (χ2v) is 13.0. The minimum atomic E-state index is -3.87. The van der Waals surface area contributed by atoms with Gasteiger partial charge in [-0.2, -0.15) is 0 Å². The van der Waals surface area contributed by atoms with Crippen LogP contribution in [0.4, 0.5) is 10.5 Å².